The molecule has 0 unspecified atom stereocenters. The molecule has 0 radical (unpaired) electrons. The molecule has 2 fully saturated rings. The number of nitrogens with zero attached hydrogens (tertiary/aromatic N) is 2. The Kier molecular flexibility index (Phi) is 8.60. The van der Waals surface area contributed by atoms with Gasteiger partial charge in [-0.1, -0.05) is 6.92 Å². The first-order chi connectivity index (χ1) is 18.8. The standard InChI is InChI=1S/C24H30N4O5S.C4H8O2/c1-24(2,3)33-23(30)27-12-4-5-16(27)14-28(15-6-7-15)34(31,32)17-8-9-20-19(13-17)18-10-11-25-21(18)22(29)26-20;1-2-3-4(5)6/h8-11,13,15-16,25H,4-7,12,14H2,1-3H3,(H,26,29);2-3H2,1H3,(H,5,6)/t16-;/m1./s1. The number of fused-ring (bicyclic) bond motifs is 3. The van der Waals surface area contributed by atoms with E-state index in [1.807, 2.05) is 27.7 Å². The number of hydrogen-bond acceptors (Lipinski definition) is 6. The maximum atomic E-state index is 13.8. The number of aromatic nitrogens is 2. The lowest BCUT2D eigenvalue weighted by Crippen LogP contribution is -2.47. The second-order valence-corrected chi connectivity index (χ2v) is 13.2. The highest BCUT2D eigenvalue weighted by Gasteiger charge is 2.42. The molecule has 0 spiro atoms. The third-order valence-corrected chi connectivity index (χ3v) is 8.84. The summed E-state index contributed by atoms with van der Waals surface area (Å²) in [7, 11) is -3.81. The van der Waals surface area contributed by atoms with Crippen LogP contribution in [0.4, 0.5) is 4.79 Å². The molecule has 1 amide bonds. The number of benzene rings is 1. The fraction of sp³-hybridized carbons (Fsp3) is 0.536. The van der Waals surface area contributed by atoms with Crippen molar-refractivity contribution in [2.75, 3.05) is 13.1 Å². The van der Waals surface area contributed by atoms with E-state index < -0.39 is 27.7 Å². The molecule has 11 nitrogen and oxygen atoms in total. The third-order valence-electron chi connectivity index (χ3n) is 6.92. The van der Waals surface area contributed by atoms with Gasteiger partial charge in [0, 0.05) is 54.1 Å². The molecule has 12 heteroatoms. The SMILES string of the molecule is CC(C)(C)OC(=O)N1CCC[C@@H]1CN(C1CC1)S(=O)(=O)c1ccc2[nH]c(=O)c3[nH]ccc3c2c1.CCCC(=O)O. The van der Waals surface area contributed by atoms with Crippen LogP contribution in [0.2, 0.25) is 0 Å². The zero-order valence-electron chi connectivity index (χ0n) is 23.4. The lowest BCUT2D eigenvalue weighted by molar-refractivity contribution is -0.137. The summed E-state index contributed by atoms with van der Waals surface area (Å²) in [6.07, 6.45) is 5.46. The number of nitrogens with one attached hydrogen (secondary N) is 2. The van der Waals surface area contributed by atoms with E-state index >= 15 is 0 Å². The maximum Gasteiger partial charge on any atom is 0.410 e. The van der Waals surface area contributed by atoms with Crippen molar-refractivity contribution >= 4 is 43.9 Å². The summed E-state index contributed by atoms with van der Waals surface area (Å²) in [6.45, 7) is 8.12. The molecule has 1 aliphatic carbocycles. The molecule has 1 atom stereocenters. The predicted octanol–water partition coefficient (Wildman–Crippen LogP) is 4.43. The zero-order valence-corrected chi connectivity index (χ0v) is 24.2. The van der Waals surface area contributed by atoms with Crippen molar-refractivity contribution < 1.29 is 27.9 Å². The summed E-state index contributed by atoms with van der Waals surface area (Å²) in [5, 5.41) is 9.26. The topological polar surface area (TPSA) is 153 Å². The number of carbonyl (C=O) groups is 2. The van der Waals surface area contributed by atoms with Crippen LogP contribution < -0.4 is 5.56 Å². The van der Waals surface area contributed by atoms with Gasteiger partial charge >= 0.3 is 12.1 Å². The summed E-state index contributed by atoms with van der Waals surface area (Å²) >= 11 is 0. The molecule has 3 aromatic rings. The first-order valence-corrected chi connectivity index (χ1v) is 15.1. The Morgan fingerprint density at radius 3 is 2.48 bits per heavy atom. The summed E-state index contributed by atoms with van der Waals surface area (Å²) in [4.78, 5) is 42.2. The summed E-state index contributed by atoms with van der Waals surface area (Å²) in [5.41, 5.74) is 0.148. The van der Waals surface area contributed by atoms with Gasteiger partial charge in [-0.2, -0.15) is 4.31 Å². The van der Waals surface area contributed by atoms with E-state index in [2.05, 4.69) is 9.97 Å². The highest BCUT2D eigenvalue weighted by atomic mass is 32.2. The Morgan fingerprint density at radius 1 is 1.15 bits per heavy atom. The van der Waals surface area contributed by atoms with Crippen LogP contribution in [-0.4, -0.2) is 75.5 Å². The van der Waals surface area contributed by atoms with Crippen molar-refractivity contribution in [1.82, 2.24) is 19.2 Å². The van der Waals surface area contributed by atoms with Crippen LogP contribution in [0.3, 0.4) is 0 Å². The van der Waals surface area contributed by atoms with Gasteiger partial charge in [-0.05, 0) is 77.1 Å². The molecule has 1 saturated carbocycles. The van der Waals surface area contributed by atoms with E-state index in [0.29, 0.717) is 34.8 Å². The number of carboxylic acids is 1. The Hall–Kier alpha value is -3.38. The van der Waals surface area contributed by atoms with Crippen LogP contribution in [0.15, 0.2) is 40.2 Å². The quantitative estimate of drug-likeness (QED) is 0.377. The molecule has 1 aliphatic heterocycles. The number of H-pyrrole nitrogens is 2. The normalized spacial score (nSPS) is 17.7. The van der Waals surface area contributed by atoms with Gasteiger partial charge in [0.25, 0.3) is 5.56 Å². The number of aromatic amines is 2. The zero-order chi connectivity index (χ0) is 29.2. The van der Waals surface area contributed by atoms with Crippen molar-refractivity contribution in [2.45, 2.75) is 88.8 Å². The molecule has 2 aromatic heterocycles. The van der Waals surface area contributed by atoms with Gasteiger partial charge in [-0.3, -0.25) is 9.59 Å². The van der Waals surface area contributed by atoms with Crippen molar-refractivity contribution in [3.8, 4) is 0 Å². The molecule has 1 saturated heterocycles. The average molecular weight is 575 g/mol. The first kappa shape index (κ1) is 29.6. The van der Waals surface area contributed by atoms with Gasteiger partial charge < -0.3 is 24.7 Å². The van der Waals surface area contributed by atoms with Gasteiger partial charge in [0.2, 0.25) is 10.0 Å². The summed E-state index contributed by atoms with van der Waals surface area (Å²) in [5.74, 6) is -0.711. The van der Waals surface area contributed by atoms with E-state index in [1.54, 1.807) is 39.7 Å². The van der Waals surface area contributed by atoms with Crippen molar-refractivity contribution in [3.63, 3.8) is 0 Å². The van der Waals surface area contributed by atoms with Crippen LogP contribution in [-0.2, 0) is 19.6 Å². The number of carbonyl (C=O) groups excluding carboxylic acids is 1. The Bertz CT molecular complexity index is 1550. The number of carboxylic acid groups (broad SMARTS) is 1. The fourth-order valence-electron chi connectivity index (χ4n) is 4.93. The fourth-order valence-corrected chi connectivity index (χ4v) is 6.68. The van der Waals surface area contributed by atoms with Crippen LogP contribution in [0, 0.1) is 0 Å². The Balaban J connectivity index is 0.000000557. The lowest BCUT2D eigenvalue weighted by Gasteiger charge is -2.32. The smallest absolute Gasteiger partial charge is 0.410 e. The minimum absolute atomic E-state index is 0.0651. The molecule has 40 heavy (non-hydrogen) atoms. The van der Waals surface area contributed by atoms with Gasteiger partial charge in [-0.25, -0.2) is 13.2 Å². The molecule has 3 N–H and O–H groups in total. The second kappa shape index (κ2) is 11.6. The molecular weight excluding hydrogens is 536 g/mol. The van der Waals surface area contributed by atoms with E-state index in [4.69, 9.17) is 9.84 Å². The number of likely N-dealkylation sites (tertiary alicyclic amines) is 1. The number of rotatable bonds is 7. The van der Waals surface area contributed by atoms with Crippen LogP contribution >= 0.6 is 0 Å². The minimum atomic E-state index is -3.81. The van der Waals surface area contributed by atoms with E-state index in [1.165, 1.54) is 0 Å². The molecule has 0 bridgehead atoms. The predicted molar refractivity (Wildman–Crippen MR) is 152 cm³/mol. The summed E-state index contributed by atoms with van der Waals surface area (Å²) < 4.78 is 34.7. The highest BCUT2D eigenvalue weighted by molar-refractivity contribution is 7.89. The lowest BCUT2D eigenvalue weighted by atomic mass is 10.1. The largest absolute Gasteiger partial charge is 0.481 e. The van der Waals surface area contributed by atoms with Gasteiger partial charge in [0.05, 0.1) is 4.90 Å². The third kappa shape index (κ3) is 6.67. The molecule has 5 rings (SSSR count). The second-order valence-electron chi connectivity index (χ2n) is 11.3. The van der Waals surface area contributed by atoms with E-state index in [9.17, 15) is 22.8 Å². The minimum Gasteiger partial charge on any atom is -0.481 e. The Morgan fingerprint density at radius 2 is 1.88 bits per heavy atom. The van der Waals surface area contributed by atoms with Crippen LogP contribution in [0.5, 0.6) is 0 Å². The molecule has 3 heterocycles. The number of ether oxygens (including phenoxy) is 1. The van der Waals surface area contributed by atoms with Crippen molar-refractivity contribution in [1.29, 1.82) is 0 Å². The van der Waals surface area contributed by atoms with Crippen molar-refractivity contribution in [2.24, 2.45) is 0 Å². The maximum absolute atomic E-state index is 13.8. The summed E-state index contributed by atoms with van der Waals surface area (Å²) in [6, 6.07) is 6.31. The number of hydrogen-bond donors (Lipinski definition) is 3. The number of sulfonamides is 1. The average Bonchev–Trinajstić information content (AvgIpc) is 3.36. The monoisotopic (exact) mass is 574 g/mol. The highest BCUT2D eigenvalue weighted by Crippen LogP contribution is 2.35. The van der Waals surface area contributed by atoms with Gasteiger partial charge in [0.1, 0.15) is 11.1 Å². The van der Waals surface area contributed by atoms with E-state index in [0.717, 1.165) is 32.1 Å². The number of pyridine rings is 1. The number of amides is 1. The number of aliphatic carboxylic acids is 1. The first-order valence-electron chi connectivity index (χ1n) is 13.7. The van der Waals surface area contributed by atoms with Crippen LogP contribution in [0.25, 0.3) is 21.8 Å². The Labute approximate surface area is 233 Å². The van der Waals surface area contributed by atoms with Crippen molar-refractivity contribution in [3.05, 3.63) is 40.8 Å². The molecule has 1 aromatic carbocycles. The molecule has 218 valence electrons. The van der Waals surface area contributed by atoms with E-state index in [-0.39, 0.29) is 29.1 Å². The molecule has 2 aliphatic rings. The van der Waals surface area contributed by atoms with Gasteiger partial charge in [0.15, 0.2) is 0 Å². The van der Waals surface area contributed by atoms with Gasteiger partial charge in [-0.15, -0.1) is 0 Å². The molecular formula is C28H38N4O7S. The van der Waals surface area contributed by atoms with Crippen LogP contribution in [0.1, 0.15) is 66.2 Å².